The second-order valence-electron chi connectivity index (χ2n) is 9.41. The van der Waals surface area contributed by atoms with Crippen molar-refractivity contribution >= 4 is 22.8 Å². The molecule has 3 aromatic rings. The molecule has 1 heterocycles. The van der Waals surface area contributed by atoms with Crippen molar-refractivity contribution in [1.29, 1.82) is 0 Å². The van der Waals surface area contributed by atoms with Crippen LogP contribution < -0.4 is 10.1 Å². The van der Waals surface area contributed by atoms with Crippen LogP contribution in [0.5, 0.6) is 5.75 Å². The highest BCUT2D eigenvalue weighted by Gasteiger charge is 2.42. The average Bonchev–Trinajstić information content (AvgIpc) is 3.52. The number of nitrogens with zero attached hydrogens (tertiary/aromatic N) is 4. The zero-order chi connectivity index (χ0) is 23.6. The third-order valence-electron chi connectivity index (χ3n) is 5.47. The highest BCUT2D eigenvalue weighted by Crippen LogP contribution is 2.36. The SMILES string of the molecule is CCOc1ccc([C@@H](C(=O)NC(C)(C)C)N(C(=O)Cn2nnc3ccccc32)C2CC2)cc1. The van der Waals surface area contributed by atoms with E-state index in [1.54, 1.807) is 9.58 Å². The van der Waals surface area contributed by atoms with Crippen molar-refractivity contribution in [3.63, 3.8) is 0 Å². The number of carbonyl (C=O) groups excluding carboxylic acids is 2. The second-order valence-corrected chi connectivity index (χ2v) is 9.41. The predicted octanol–water partition coefficient (Wildman–Crippen LogP) is 3.48. The van der Waals surface area contributed by atoms with E-state index in [1.807, 2.05) is 76.2 Å². The van der Waals surface area contributed by atoms with E-state index in [1.165, 1.54) is 0 Å². The zero-order valence-corrected chi connectivity index (χ0v) is 19.6. The van der Waals surface area contributed by atoms with E-state index in [4.69, 9.17) is 4.74 Å². The molecule has 0 aliphatic heterocycles. The minimum absolute atomic E-state index is 0.0212. The number of nitrogens with one attached hydrogen (secondary N) is 1. The summed E-state index contributed by atoms with van der Waals surface area (Å²) in [7, 11) is 0. The topological polar surface area (TPSA) is 89.4 Å². The van der Waals surface area contributed by atoms with Crippen molar-refractivity contribution in [2.75, 3.05) is 6.61 Å². The van der Waals surface area contributed by atoms with Gasteiger partial charge in [-0.3, -0.25) is 9.59 Å². The molecule has 2 amide bonds. The molecule has 1 N–H and O–H groups in total. The van der Waals surface area contributed by atoms with E-state index in [-0.39, 0.29) is 24.4 Å². The Morgan fingerprint density at radius 3 is 2.48 bits per heavy atom. The Kier molecular flexibility index (Phi) is 6.35. The second kappa shape index (κ2) is 9.21. The fraction of sp³-hybridized carbons (Fsp3) is 0.440. The molecule has 8 heteroatoms. The van der Waals surface area contributed by atoms with E-state index < -0.39 is 11.6 Å². The van der Waals surface area contributed by atoms with Crippen molar-refractivity contribution in [2.24, 2.45) is 0 Å². The van der Waals surface area contributed by atoms with Crippen LogP contribution in [0.3, 0.4) is 0 Å². The van der Waals surface area contributed by atoms with Crippen molar-refractivity contribution in [2.45, 2.75) is 64.7 Å². The van der Waals surface area contributed by atoms with Crippen molar-refractivity contribution in [1.82, 2.24) is 25.2 Å². The standard InChI is InChI=1S/C25H31N5O3/c1-5-33-19-14-10-17(11-15-19)23(24(32)26-25(2,3)4)30(18-12-13-18)22(31)16-29-21-9-7-6-8-20(21)27-28-29/h6-11,14-15,18,23H,5,12-13,16H2,1-4H3,(H,26,32)/t23-/m0/s1. The fourth-order valence-corrected chi connectivity index (χ4v) is 3.94. The fourth-order valence-electron chi connectivity index (χ4n) is 3.94. The molecule has 1 fully saturated rings. The first-order valence-corrected chi connectivity index (χ1v) is 11.4. The van der Waals surface area contributed by atoms with Gasteiger partial charge in [-0.1, -0.05) is 29.5 Å². The van der Waals surface area contributed by atoms with Crippen molar-refractivity contribution in [3.05, 3.63) is 54.1 Å². The maximum Gasteiger partial charge on any atom is 0.247 e. The highest BCUT2D eigenvalue weighted by atomic mass is 16.5. The largest absolute Gasteiger partial charge is 0.494 e. The lowest BCUT2D eigenvalue weighted by Gasteiger charge is -2.34. The molecule has 0 spiro atoms. The maximum atomic E-state index is 13.6. The van der Waals surface area contributed by atoms with E-state index in [0.29, 0.717) is 6.61 Å². The van der Waals surface area contributed by atoms with Gasteiger partial charge in [-0.15, -0.1) is 5.10 Å². The molecule has 0 bridgehead atoms. The van der Waals surface area contributed by atoms with Crippen LogP contribution in [0.15, 0.2) is 48.5 Å². The van der Waals surface area contributed by atoms with Gasteiger partial charge in [0, 0.05) is 11.6 Å². The third-order valence-corrected chi connectivity index (χ3v) is 5.47. The quantitative estimate of drug-likeness (QED) is 0.569. The van der Waals surface area contributed by atoms with Gasteiger partial charge in [0.2, 0.25) is 11.8 Å². The summed E-state index contributed by atoms with van der Waals surface area (Å²) in [4.78, 5) is 28.8. The third kappa shape index (κ3) is 5.32. The van der Waals surface area contributed by atoms with Gasteiger partial charge in [-0.25, -0.2) is 4.68 Å². The lowest BCUT2D eigenvalue weighted by Crippen LogP contribution is -2.50. The lowest BCUT2D eigenvalue weighted by molar-refractivity contribution is -0.142. The van der Waals surface area contributed by atoms with Crippen LogP contribution in [-0.2, 0) is 16.1 Å². The minimum Gasteiger partial charge on any atom is -0.494 e. The molecule has 0 unspecified atom stereocenters. The summed E-state index contributed by atoms with van der Waals surface area (Å²) in [6.07, 6.45) is 1.75. The molecular formula is C25H31N5O3. The van der Waals surface area contributed by atoms with Gasteiger partial charge in [-0.2, -0.15) is 0 Å². The van der Waals surface area contributed by atoms with Gasteiger partial charge in [0.05, 0.1) is 12.1 Å². The Morgan fingerprint density at radius 2 is 1.85 bits per heavy atom. The monoisotopic (exact) mass is 449 g/mol. The van der Waals surface area contributed by atoms with Gasteiger partial charge < -0.3 is 15.0 Å². The Morgan fingerprint density at radius 1 is 1.15 bits per heavy atom. The summed E-state index contributed by atoms with van der Waals surface area (Å²) in [6, 6.07) is 14.2. The summed E-state index contributed by atoms with van der Waals surface area (Å²) in [6.45, 7) is 8.31. The number of amides is 2. The van der Waals surface area contributed by atoms with E-state index in [0.717, 1.165) is 35.2 Å². The molecule has 1 saturated carbocycles. The number of carbonyl (C=O) groups is 2. The number of rotatable bonds is 8. The Hall–Kier alpha value is -3.42. The number of para-hydroxylation sites is 1. The molecule has 0 radical (unpaired) electrons. The van der Waals surface area contributed by atoms with Gasteiger partial charge in [0.15, 0.2) is 0 Å². The lowest BCUT2D eigenvalue weighted by atomic mass is 10.0. The molecule has 1 aliphatic rings. The summed E-state index contributed by atoms with van der Waals surface area (Å²) in [5.41, 5.74) is 1.85. The minimum atomic E-state index is -0.741. The molecule has 1 aliphatic carbocycles. The van der Waals surface area contributed by atoms with Crippen LogP contribution in [0.25, 0.3) is 11.0 Å². The van der Waals surface area contributed by atoms with Crippen molar-refractivity contribution < 1.29 is 14.3 Å². The summed E-state index contributed by atoms with van der Waals surface area (Å²) < 4.78 is 7.16. The molecule has 0 saturated heterocycles. The number of benzene rings is 2. The maximum absolute atomic E-state index is 13.6. The Bertz CT molecular complexity index is 1130. The first-order valence-electron chi connectivity index (χ1n) is 11.4. The Balaban J connectivity index is 1.67. The van der Waals surface area contributed by atoms with E-state index in [9.17, 15) is 9.59 Å². The summed E-state index contributed by atoms with van der Waals surface area (Å²) in [5, 5.41) is 11.4. The van der Waals surface area contributed by atoms with Crippen molar-refractivity contribution in [3.8, 4) is 5.75 Å². The normalized spacial score (nSPS) is 14.7. The van der Waals surface area contributed by atoms with Gasteiger partial charge in [0.1, 0.15) is 23.9 Å². The van der Waals surface area contributed by atoms with Crippen LogP contribution in [0.4, 0.5) is 0 Å². The molecule has 8 nitrogen and oxygen atoms in total. The zero-order valence-electron chi connectivity index (χ0n) is 19.6. The smallest absolute Gasteiger partial charge is 0.247 e. The molecule has 1 atom stereocenters. The van der Waals surface area contributed by atoms with E-state index >= 15 is 0 Å². The van der Waals surface area contributed by atoms with E-state index in [2.05, 4.69) is 15.6 Å². The number of hydrogen-bond donors (Lipinski definition) is 1. The summed E-state index contributed by atoms with van der Waals surface area (Å²) >= 11 is 0. The van der Waals surface area contributed by atoms with Crippen LogP contribution >= 0.6 is 0 Å². The molecule has 1 aromatic heterocycles. The van der Waals surface area contributed by atoms with Gasteiger partial charge in [-0.05, 0) is 70.4 Å². The molecule has 174 valence electrons. The van der Waals surface area contributed by atoms with Crippen LogP contribution in [0, 0.1) is 0 Å². The molecule has 4 rings (SSSR count). The van der Waals surface area contributed by atoms with Gasteiger partial charge in [0.25, 0.3) is 0 Å². The Labute approximate surface area is 193 Å². The molecule has 33 heavy (non-hydrogen) atoms. The molecule has 2 aromatic carbocycles. The predicted molar refractivity (Wildman–Crippen MR) is 126 cm³/mol. The first-order chi connectivity index (χ1) is 15.8. The number of hydrogen-bond acceptors (Lipinski definition) is 5. The number of fused-ring (bicyclic) bond motifs is 1. The highest BCUT2D eigenvalue weighted by molar-refractivity contribution is 5.90. The van der Waals surface area contributed by atoms with Crippen LogP contribution in [-0.4, -0.2) is 49.9 Å². The summed E-state index contributed by atoms with van der Waals surface area (Å²) in [5.74, 6) is 0.376. The van der Waals surface area contributed by atoms with Crippen LogP contribution in [0.2, 0.25) is 0 Å². The molecular weight excluding hydrogens is 418 g/mol. The van der Waals surface area contributed by atoms with Gasteiger partial charge >= 0.3 is 0 Å². The number of ether oxygens (including phenoxy) is 1. The van der Waals surface area contributed by atoms with Crippen LogP contribution in [0.1, 0.15) is 52.1 Å². The average molecular weight is 450 g/mol. The number of aromatic nitrogens is 3. The first kappa shape index (κ1) is 22.8.